The number of carboxylic acid groups (broad SMARTS) is 1. The fourth-order valence-electron chi connectivity index (χ4n) is 2.42. The van der Waals surface area contributed by atoms with Crippen molar-refractivity contribution in [1.29, 1.82) is 0 Å². The first-order valence-corrected chi connectivity index (χ1v) is 7.61. The molecule has 0 bridgehead atoms. The summed E-state index contributed by atoms with van der Waals surface area (Å²) >= 11 is 0. The summed E-state index contributed by atoms with van der Waals surface area (Å²) in [5.41, 5.74) is -1.00. The van der Waals surface area contributed by atoms with Gasteiger partial charge in [0.05, 0.1) is 19.3 Å². The minimum atomic E-state index is -1.00. The van der Waals surface area contributed by atoms with E-state index < -0.39 is 17.4 Å². The highest BCUT2D eigenvalue weighted by molar-refractivity contribution is 5.80. The van der Waals surface area contributed by atoms with E-state index in [1.54, 1.807) is 6.92 Å². The van der Waals surface area contributed by atoms with Gasteiger partial charge >= 0.3 is 5.97 Å². The maximum atomic E-state index is 11.8. The number of carbonyl (C=O) groups excluding carboxylic acids is 1. The molecule has 1 aliphatic rings. The molecule has 2 unspecified atom stereocenters. The lowest BCUT2D eigenvalue weighted by molar-refractivity contribution is -0.149. The zero-order valence-electron chi connectivity index (χ0n) is 12.6. The van der Waals surface area contributed by atoms with Crippen molar-refractivity contribution in [1.82, 2.24) is 5.32 Å². The lowest BCUT2D eigenvalue weighted by Gasteiger charge is -2.25. The van der Waals surface area contributed by atoms with Gasteiger partial charge in [-0.3, -0.25) is 9.59 Å². The summed E-state index contributed by atoms with van der Waals surface area (Å²) in [5, 5.41) is 12.0. The SMILES string of the molecule is CCCCCCCCC(=O)NC1COCC1(C)C(=O)O. The van der Waals surface area contributed by atoms with Crippen molar-refractivity contribution in [2.75, 3.05) is 13.2 Å². The lowest BCUT2D eigenvalue weighted by Crippen LogP contribution is -2.49. The number of rotatable bonds is 9. The first-order chi connectivity index (χ1) is 9.50. The summed E-state index contributed by atoms with van der Waals surface area (Å²) in [6, 6.07) is -0.424. The molecule has 116 valence electrons. The van der Waals surface area contributed by atoms with Gasteiger partial charge in [0.2, 0.25) is 5.91 Å². The molecule has 1 rings (SSSR count). The molecule has 0 spiro atoms. The van der Waals surface area contributed by atoms with Crippen LogP contribution in [0.2, 0.25) is 0 Å². The second-order valence-electron chi connectivity index (χ2n) is 5.88. The predicted molar refractivity (Wildman–Crippen MR) is 76.5 cm³/mol. The van der Waals surface area contributed by atoms with Gasteiger partial charge in [0.1, 0.15) is 5.41 Å². The summed E-state index contributed by atoms with van der Waals surface area (Å²) < 4.78 is 5.21. The third-order valence-electron chi connectivity index (χ3n) is 4.04. The van der Waals surface area contributed by atoms with Gasteiger partial charge in [-0.25, -0.2) is 0 Å². The Hall–Kier alpha value is -1.10. The van der Waals surface area contributed by atoms with Crippen LogP contribution in [0.25, 0.3) is 0 Å². The van der Waals surface area contributed by atoms with Crippen LogP contribution >= 0.6 is 0 Å². The maximum Gasteiger partial charge on any atom is 0.313 e. The van der Waals surface area contributed by atoms with E-state index in [9.17, 15) is 14.7 Å². The van der Waals surface area contributed by atoms with Crippen molar-refractivity contribution in [3.63, 3.8) is 0 Å². The number of carboxylic acids is 1. The van der Waals surface area contributed by atoms with Gasteiger partial charge in [0.15, 0.2) is 0 Å². The highest BCUT2D eigenvalue weighted by atomic mass is 16.5. The van der Waals surface area contributed by atoms with Crippen molar-refractivity contribution in [3.8, 4) is 0 Å². The number of amides is 1. The van der Waals surface area contributed by atoms with Crippen molar-refractivity contribution < 1.29 is 19.4 Å². The highest BCUT2D eigenvalue weighted by Gasteiger charge is 2.47. The molecule has 1 saturated heterocycles. The fourth-order valence-corrected chi connectivity index (χ4v) is 2.42. The summed E-state index contributed by atoms with van der Waals surface area (Å²) in [4.78, 5) is 23.1. The Morgan fingerprint density at radius 1 is 1.25 bits per heavy atom. The number of aliphatic carboxylic acids is 1. The van der Waals surface area contributed by atoms with E-state index in [1.165, 1.54) is 25.7 Å². The normalized spacial score (nSPS) is 25.6. The fraction of sp³-hybridized carbons (Fsp3) is 0.867. The minimum absolute atomic E-state index is 0.0662. The Labute approximate surface area is 121 Å². The van der Waals surface area contributed by atoms with Gasteiger partial charge in [-0.2, -0.15) is 0 Å². The predicted octanol–water partition coefficient (Wildman–Crippen LogP) is 2.34. The standard InChI is InChI=1S/C15H27NO4/c1-3-4-5-6-7-8-9-13(17)16-12-10-20-11-15(12,2)14(18)19/h12H,3-11H2,1-2H3,(H,16,17)(H,18,19). The first kappa shape index (κ1) is 17.0. The number of ether oxygens (including phenoxy) is 1. The van der Waals surface area contributed by atoms with Gasteiger partial charge < -0.3 is 15.2 Å². The number of nitrogens with one attached hydrogen (secondary N) is 1. The van der Waals surface area contributed by atoms with Crippen LogP contribution in [0.4, 0.5) is 0 Å². The smallest absolute Gasteiger partial charge is 0.313 e. The van der Waals surface area contributed by atoms with Crippen LogP contribution in [0.3, 0.4) is 0 Å². The largest absolute Gasteiger partial charge is 0.481 e. The van der Waals surface area contributed by atoms with Gasteiger partial charge in [0.25, 0.3) is 0 Å². The van der Waals surface area contributed by atoms with Crippen LogP contribution in [0.1, 0.15) is 58.8 Å². The molecule has 2 N–H and O–H groups in total. The monoisotopic (exact) mass is 285 g/mol. The second-order valence-corrected chi connectivity index (χ2v) is 5.88. The number of carbonyl (C=O) groups is 2. The maximum absolute atomic E-state index is 11.8. The molecule has 0 radical (unpaired) electrons. The van der Waals surface area contributed by atoms with E-state index in [-0.39, 0.29) is 19.1 Å². The van der Waals surface area contributed by atoms with Gasteiger partial charge in [-0.15, -0.1) is 0 Å². The molecule has 2 atom stereocenters. The van der Waals surface area contributed by atoms with Crippen LogP contribution < -0.4 is 5.32 Å². The second kappa shape index (κ2) is 8.25. The molecule has 1 heterocycles. The lowest BCUT2D eigenvalue weighted by atomic mass is 9.85. The van der Waals surface area contributed by atoms with Gasteiger partial charge in [0, 0.05) is 6.42 Å². The number of unbranched alkanes of at least 4 members (excludes halogenated alkanes) is 5. The van der Waals surface area contributed by atoms with Crippen molar-refractivity contribution in [2.45, 2.75) is 64.8 Å². The highest BCUT2D eigenvalue weighted by Crippen LogP contribution is 2.28. The summed E-state index contributed by atoms with van der Waals surface area (Å²) in [7, 11) is 0. The van der Waals surface area contributed by atoms with Crippen molar-refractivity contribution in [2.24, 2.45) is 5.41 Å². The minimum Gasteiger partial charge on any atom is -0.481 e. The third-order valence-corrected chi connectivity index (χ3v) is 4.04. The Kier molecular flexibility index (Phi) is 6.99. The first-order valence-electron chi connectivity index (χ1n) is 7.61. The van der Waals surface area contributed by atoms with Crippen LogP contribution in [-0.4, -0.2) is 36.2 Å². The van der Waals surface area contributed by atoms with E-state index in [0.717, 1.165) is 12.8 Å². The van der Waals surface area contributed by atoms with Gasteiger partial charge in [-0.1, -0.05) is 39.0 Å². The molecule has 0 aromatic carbocycles. The molecule has 0 aromatic rings. The van der Waals surface area contributed by atoms with E-state index in [2.05, 4.69) is 12.2 Å². The van der Waals surface area contributed by atoms with Crippen LogP contribution in [0, 0.1) is 5.41 Å². The molecule has 20 heavy (non-hydrogen) atoms. The topological polar surface area (TPSA) is 75.6 Å². The Bertz CT molecular complexity index is 332. The summed E-state index contributed by atoms with van der Waals surface area (Å²) in [5.74, 6) is -0.983. The molecule has 0 aliphatic carbocycles. The van der Waals surface area contributed by atoms with Crippen LogP contribution in [-0.2, 0) is 14.3 Å². The number of hydrogen-bond donors (Lipinski definition) is 2. The molecular weight excluding hydrogens is 258 g/mol. The van der Waals surface area contributed by atoms with Crippen LogP contribution in [0.15, 0.2) is 0 Å². The summed E-state index contributed by atoms with van der Waals surface area (Å²) in [6.45, 7) is 4.24. The van der Waals surface area contributed by atoms with E-state index >= 15 is 0 Å². The molecule has 0 saturated carbocycles. The molecule has 1 aliphatic heterocycles. The molecule has 1 amide bonds. The average molecular weight is 285 g/mol. The molecule has 0 aromatic heterocycles. The zero-order chi connectivity index (χ0) is 15.0. The molecule has 5 nitrogen and oxygen atoms in total. The van der Waals surface area contributed by atoms with E-state index in [1.807, 2.05) is 0 Å². The molecular formula is C15H27NO4. The summed E-state index contributed by atoms with van der Waals surface area (Å²) in [6.07, 6.45) is 7.26. The van der Waals surface area contributed by atoms with Crippen molar-refractivity contribution in [3.05, 3.63) is 0 Å². The quantitative estimate of drug-likeness (QED) is 0.638. The van der Waals surface area contributed by atoms with E-state index in [4.69, 9.17) is 4.74 Å². The Balaban J connectivity index is 2.23. The Morgan fingerprint density at radius 3 is 2.55 bits per heavy atom. The van der Waals surface area contributed by atoms with Crippen molar-refractivity contribution >= 4 is 11.9 Å². The number of hydrogen-bond acceptors (Lipinski definition) is 3. The third kappa shape index (κ3) is 4.78. The van der Waals surface area contributed by atoms with E-state index in [0.29, 0.717) is 6.42 Å². The molecule has 5 heteroatoms. The Morgan fingerprint density at radius 2 is 1.90 bits per heavy atom. The van der Waals surface area contributed by atoms with Crippen LogP contribution in [0.5, 0.6) is 0 Å². The zero-order valence-corrected chi connectivity index (χ0v) is 12.6. The molecule has 1 fully saturated rings. The van der Waals surface area contributed by atoms with Gasteiger partial charge in [-0.05, 0) is 13.3 Å². The average Bonchev–Trinajstić information content (AvgIpc) is 2.76.